The fraction of sp³-hybridized carbons (Fsp3) is 1.00. The monoisotopic (exact) mass is 189 g/mol. The third-order valence-corrected chi connectivity index (χ3v) is 2.27. The maximum atomic E-state index is 9.00. The number of piperidine rings is 1. The van der Waals surface area contributed by atoms with Crippen LogP contribution >= 0.6 is 0 Å². The number of nitrogens with one attached hydrogen (secondary N) is 1. The van der Waals surface area contributed by atoms with Crippen LogP contribution in [0.5, 0.6) is 0 Å². The van der Waals surface area contributed by atoms with Crippen molar-refractivity contribution < 1.29 is 14.9 Å². The highest BCUT2D eigenvalue weighted by Gasteiger charge is 2.13. The van der Waals surface area contributed by atoms with Gasteiger partial charge in [0, 0.05) is 6.54 Å². The van der Waals surface area contributed by atoms with Crippen molar-refractivity contribution in [1.29, 1.82) is 0 Å². The topological polar surface area (TPSA) is 61.7 Å². The van der Waals surface area contributed by atoms with Crippen LogP contribution in [0.1, 0.15) is 12.8 Å². The predicted octanol–water partition coefficient (Wildman–Crippen LogP) is -0.644. The number of rotatable bonds is 5. The molecule has 0 aliphatic carbocycles. The first-order valence-electron chi connectivity index (χ1n) is 4.90. The van der Waals surface area contributed by atoms with E-state index in [2.05, 4.69) is 5.32 Å². The summed E-state index contributed by atoms with van der Waals surface area (Å²) >= 11 is 0. The standard InChI is InChI=1S/C9H19NO3/c11-5-9(12)7-13-6-8-2-1-3-10-4-8/h8-12H,1-7H2. The van der Waals surface area contributed by atoms with Gasteiger partial charge in [-0.15, -0.1) is 0 Å². The van der Waals surface area contributed by atoms with Gasteiger partial charge in [-0.25, -0.2) is 0 Å². The first-order chi connectivity index (χ1) is 6.33. The third-order valence-electron chi connectivity index (χ3n) is 2.27. The number of aliphatic hydroxyl groups is 2. The van der Waals surface area contributed by atoms with Gasteiger partial charge in [0.25, 0.3) is 0 Å². The molecule has 1 aliphatic heterocycles. The van der Waals surface area contributed by atoms with Crippen molar-refractivity contribution in [3.05, 3.63) is 0 Å². The maximum Gasteiger partial charge on any atom is 0.100 e. The predicted molar refractivity (Wildman–Crippen MR) is 49.5 cm³/mol. The van der Waals surface area contributed by atoms with Gasteiger partial charge in [0.15, 0.2) is 0 Å². The van der Waals surface area contributed by atoms with Crippen molar-refractivity contribution in [2.24, 2.45) is 5.92 Å². The molecule has 0 aromatic carbocycles. The largest absolute Gasteiger partial charge is 0.394 e. The fourth-order valence-electron chi connectivity index (χ4n) is 1.49. The second-order valence-corrected chi connectivity index (χ2v) is 3.59. The molecule has 4 heteroatoms. The molecule has 0 spiro atoms. The Kier molecular flexibility index (Phi) is 5.31. The molecular formula is C9H19NO3. The number of hydrogen-bond acceptors (Lipinski definition) is 4. The molecule has 1 aliphatic rings. The SMILES string of the molecule is OCC(O)COCC1CCCNC1. The lowest BCUT2D eigenvalue weighted by Crippen LogP contribution is -2.33. The zero-order valence-corrected chi connectivity index (χ0v) is 7.91. The first-order valence-corrected chi connectivity index (χ1v) is 4.90. The molecule has 1 fully saturated rings. The zero-order chi connectivity index (χ0) is 9.52. The van der Waals surface area contributed by atoms with Crippen LogP contribution in [-0.2, 0) is 4.74 Å². The Morgan fingerprint density at radius 1 is 1.54 bits per heavy atom. The highest BCUT2D eigenvalue weighted by atomic mass is 16.5. The van der Waals surface area contributed by atoms with E-state index in [4.69, 9.17) is 14.9 Å². The van der Waals surface area contributed by atoms with Gasteiger partial charge in [-0.3, -0.25) is 0 Å². The Morgan fingerprint density at radius 3 is 3.00 bits per heavy atom. The zero-order valence-electron chi connectivity index (χ0n) is 7.91. The molecule has 1 heterocycles. The molecule has 1 saturated heterocycles. The van der Waals surface area contributed by atoms with Crippen LogP contribution in [0, 0.1) is 5.92 Å². The molecule has 0 aromatic heterocycles. The Labute approximate surface area is 78.9 Å². The van der Waals surface area contributed by atoms with Gasteiger partial charge in [0.05, 0.1) is 19.8 Å². The Hall–Kier alpha value is -0.160. The van der Waals surface area contributed by atoms with Crippen molar-refractivity contribution in [1.82, 2.24) is 5.32 Å². The van der Waals surface area contributed by atoms with E-state index in [1.807, 2.05) is 0 Å². The lowest BCUT2D eigenvalue weighted by molar-refractivity contribution is -0.00681. The number of aliphatic hydroxyl groups excluding tert-OH is 2. The van der Waals surface area contributed by atoms with Gasteiger partial charge < -0.3 is 20.3 Å². The van der Waals surface area contributed by atoms with Gasteiger partial charge in [0.2, 0.25) is 0 Å². The average molecular weight is 189 g/mol. The van der Waals surface area contributed by atoms with Crippen LogP contribution in [0.3, 0.4) is 0 Å². The van der Waals surface area contributed by atoms with Gasteiger partial charge in [0.1, 0.15) is 6.10 Å². The van der Waals surface area contributed by atoms with Gasteiger partial charge in [-0.2, -0.15) is 0 Å². The highest BCUT2D eigenvalue weighted by molar-refractivity contribution is 4.68. The minimum Gasteiger partial charge on any atom is -0.394 e. The Balaban J connectivity index is 1.98. The van der Waals surface area contributed by atoms with E-state index in [1.165, 1.54) is 12.8 Å². The van der Waals surface area contributed by atoms with Crippen LogP contribution in [-0.4, -0.2) is 49.2 Å². The summed E-state index contributed by atoms with van der Waals surface area (Å²) in [5.74, 6) is 0.569. The minimum absolute atomic E-state index is 0.219. The molecule has 1 rings (SSSR count). The molecule has 4 nitrogen and oxygen atoms in total. The molecule has 3 N–H and O–H groups in total. The van der Waals surface area contributed by atoms with Crippen LogP contribution < -0.4 is 5.32 Å². The van der Waals surface area contributed by atoms with E-state index in [1.54, 1.807) is 0 Å². The molecule has 13 heavy (non-hydrogen) atoms. The lowest BCUT2D eigenvalue weighted by atomic mass is 10.0. The second-order valence-electron chi connectivity index (χ2n) is 3.59. The summed E-state index contributed by atoms with van der Waals surface area (Å²) < 4.78 is 5.28. The van der Waals surface area contributed by atoms with Gasteiger partial charge >= 0.3 is 0 Å². The lowest BCUT2D eigenvalue weighted by Gasteiger charge is -2.22. The van der Waals surface area contributed by atoms with Crippen molar-refractivity contribution in [2.45, 2.75) is 18.9 Å². The quantitative estimate of drug-likeness (QED) is 0.538. The molecule has 0 bridgehead atoms. The summed E-state index contributed by atoms with van der Waals surface area (Å²) in [7, 11) is 0. The summed E-state index contributed by atoms with van der Waals surface area (Å²) in [6, 6.07) is 0. The Morgan fingerprint density at radius 2 is 2.38 bits per heavy atom. The molecule has 78 valence electrons. The van der Waals surface area contributed by atoms with Crippen LogP contribution in [0.15, 0.2) is 0 Å². The molecule has 2 atom stereocenters. The molecule has 2 unspecified atom stereocenters. The van der Waals surface area contributed by atoms with Crippen molar-refractivity contribution in [3.8, 4) is 0 Å². The molecular weight excluding hydrogens is 170 g/mol. The van der Waals surface area contributed by atoms with Crippen LogP contribution in [0.25, 0.3) is 0 Å². The van der Waals surface area contributed by atoms with E-state index in [-0.39, 0.29) is 13.2 Å². The summed E-state index contributed by atoms with van der Waals surface area (Å²) in [5, 5.41) is 20.8. The number of hydrogen-bond donors (Lipinski definition) is 3. The molecule has 0 saturated carbocycles. The first kappa shape index (κ1) is 10.9. The molecule has 0 aromatic rings. The van der Waals surface area contributed by atoms with E-state index >= 15 is 0 Å². The van der Waals surface area contributed by atoms with Gasteiger partial charge in [-0.05, 0) is 25.3 Å². The summed E-state index contributed by atoms with van der Waals surface area (Å²) in [4.78, 5) is 0. The summed E-state index contributed by atoms with van der Waals surface area (Å²) in [6.45, 7) is 2.82. The molecule has 0 amide bonds. The summed E-state index contributed by atoms with van der Waals surface area (Å²) in [5.41, 5.74) is 0. The second kappa shape index (κ2) is 6.32. The van der Waals surface area contributed by atoms with Crippen LogP contribution in [0.4, 0.5) is 0 Å². The van der Waals surface area contributed by atoms with E-state index in [0.717, 1.165) is 13.1 Å². The highest BCUT2D eigenvalue weighted by Crippen LogP contribution is 2.09. The van der Waals surface area contributed by atoms with Crippen molar-refractivity contribution in [2.75, 3.05) is 32.9 Å². The summed E-state index contributed by atoms with van der Waals surface area (Å²) in [6.07, 6.45) is 1.68. The molecule has 0 radical (unpaired) electrons. The number of ether oxygens (including phenoxy) is 1. The average Bonchev–Trinajstić information content (AvgIpc) is 2.19. The third kappa shape index (κ3) is 4.57. The normalized spacial score (nSPS) is 25.8. The fourth-order valence-corrected chi connectivity index (χ4v) is 1.49. The van der Waals surface area contributed by atoms with Crippen molar-refractivity contribution in [3.63, 3.8) is 0 Å². The van der Waals surface area contributed by atoms with E-state index in [0.29, 0.717) is 12.5 Å². The smallest absolute Gasteiger partial charge is 0.100 e. The van der Waals surface area contributed by atoms with E-state index < -0.39 is 6.10 Å². The Bertz CT molecular complexity index is 126. The van der Waals surface area contributed by atoms with Crippen LogP contribution in [0.2, 0.25) is 0 Å². The minimum atomic E-state index is -0.725. The van der Waals surface area contributed by atoms with Crippen molar-refractivity contribution >= 4 is 0 Å². The van der Waals surface area contributed by atoms with Gasteiger partial charge in [-0.1, -0.05) is 0 Å². The van der Waals surface area contributed by atoms with E-state index in [9.17, 15) is 0 Å². The maximum absolute atomic E-state index is 9.00.